The van der Waals surface area contributed by atoms with Gasteiger partial charge in [0, 0.05) is 36.7 Å². The van der Waals surface area contributed by atoms with E-state index in [1.807, 2.05) is 26.0 Å². The van der Waals surface area contributed by atoms with Gasteiger partial charge in [-0.25, -0.2) is 9.36 Å². The molecule has 0 atom stereocenters. The largest absolute Gasteiger partial charge is 0.271 e. The van der Waals surface area contributed by atoms with Crippen LogP contribution in [0, 0.1) is 20.2 Å². The quantitative estimate of drug-likeness (QED) is 0.342. The van der Waals surface area contributed by atoms with E-state index in [1.54, 1.807) is 46.0 Å². The van der Waals surface area contributed by atoms with Gasteiger partial charge in [-0.2, -0.15) is 10.2 Å². The van der Waals surface area contributed by atoms with Crippen molar-refractivity contribution < 1.29 is 9.85 Å². The number of benzene rings is 2. The molecule has 0 unspecified atom stereocenters. The summed E-state index contributed by atoms with van der Waals surface area (Å²) in [5, 5.41) is 31.3. The van der Waals surface area contributed by atoms with Crippen LogP contribution in [0.4, 0.5) is 11.4 Å². The number of hydrogen-bond donors (Lipinski definition) is 0. The summed E-state index contributed by atoms with van der Waals surface area (Å²) >= 11 is 0. The van der Waals surface area contributed by atoms with Crippen molar-refractivity contribution in [2.24, 2.45) is 0 Å². The summed E-state index contributed by atoms with van der Waals surface area (Å²) < 4.78 is 3.17. The average Bonchev–Trinajstić information content (AvgIpc) is 3.45. The maximum atomic E-state index is 11.0. The van der Waals surface area contributed by atoms with Gasteiger partial charge in [0.2, 0.25) is 0 Å². The zero-order valence-corrected chi connectivity index (χ0v) is 16.7. The Morgan fingerprint density at radius 3 is 1.55 bits per heavy atom. The van der Waals surface area contributed by atoms with Crippen LogP contribution < -0.4 is 0 Å². The number of aromatic nitrogens is 4. The number of hydrogen-bond acceptors (Lipinski definition) is 6. The minimum absolute atomic E-state index is 0.00971. The lowest BCUT2D eigenvalue weighted by Crippen LogP contribution is -2.21. The summed E-state index contributed by atoms with van der Waals surface area (Å²) in [7, 11) is 0. The van der Waals surface area contributed by atoms with Crippen molar-refractivity contribution in [3.8, 4) is 11.4 Å². The highest BCUT2D eigenvalue weighted by atomic mass is 16.6. The molecule has 0 aliphatic rings. The zero-order chi connectivity index (χ0) is 22.2. The van der Waals surface area contributed by atoms with Crippen molar-refractivity contribution in [1.82, 2.24) is 19.6 Å². The second kappa shape index (κ2) is 7.48. The summed E-state index contributed by atoms with van der Waals surface area (Å²) in [6.07, 6.45) is 3.49. The Balaban J connectivity index is 1.64. The molecular weight excluding hydrogens is 400 g/mol. The Morgan fingerprint density at radius 1 is 0.742 bits per heavy atom. The second-order valence-corrected chi connectivity index (χ2v) is 7.47. The van der Waals surface area contributed by atoms with E-state index in [1.165, 1.54) is 24.3 Å². The van der Waals surface area contributed by atoms with E-state index in [-0.39, 0.29) is 11.4 Å². The summed E-state index contributed by atoms with van der Waals surface area (Å²) in [4.78, 5) is 21.2. The molecular formula is C21H18N6O4. The molecule has 2 aromatic heterocycles. The fraction of sp³-hybridized carbons (Fsp3) is 0.143. The first-order valence-corrected chi connectivity index (χ1v) is 9.38. The van der Waals surface area contributed by atoms with E-state index < -0.39 is 15.3 Å². The van der Waals surface area contributed by atoms with Crippen molar-refractivity contribution in [2.75, 3.05) is 0 Å². The first kappa shape index (κ1) is 20.0. The van der Waals surface area contributed by atoms with Gasteiger partial charge in [-0.1, -0.05) is 12.1 Å². The molecule has 0 fully saturated rings. The van der Waals surface area contributed by atoms with Gasteiger partial charge in [-0.15, -0.1) is 0 Å². The third kappa shape index (κ3) is 3.78. The first-order chi connectivity index (χ1) is 14.8. The first-order valence-electron chi connectivity index (χ1n) is 9.38. The van der Waals surface area contributed by atoms with Gasteiger partial charge in [-0.3, -0.25) is 20.2 Å². The standard InChI is InChI=1S/C21H18N6O4/c1-21(2,19-9-11-24(22-19)15-5-3-7-17(13-15)26(28)29)20-10-12-25(23-20)16-6-4-8-18(14-16)27(30)31/h3-14H,1-2H3. The fourth-order valence-electron chi connectivity index (χ4n) is 3.23. The maximum Gasteiger partial charge on any atom is 0.271 e. The van der Waals surface area contributed by atoms with E-state index in [2.05, 4.69) is 10.2 Å². The van der Waals surface area contributed by atoms with E-state index in [0.717, 1.165) is 11.4 Å². The van der Waals surface area contributed by atoms with Crippen LogP contribution >= 0.6 is 0 Å². The predicted molar refractivity (Wildman–Crippen MR) is 113 cm³/mol. The Bertz CT molecular complexity index is 1190. The van der Waals surface area contributed by atoms with Crippen molar-refractivity contribution in [3.05, 3.63) is 105 Å². The highest BCUT2D eigenvalue weighted by Gasteiger charge is 2.29. The van der Waals surface area contributed by atoms with Gasteiger partial charge in [0.25, 0.3) is 11.4 Å². The monoisotopic (exact) mass is 418 g/mol. The minimum Gasteiger partial charge on any atom is -0.258 e. The molecule has 10 heteroatoms. The number of non-ortho nitro benzene ring substituents is 2. The van der Waals surface area contributed by atoms with E-state index in [4.69, 9.17) is 0 Å². The Kier molecular flexibility index (Phi) is 4.82. The molecule has 0 aliphatic carbocycles. The molecule has 0 aliphatic heterocycles. The normalized spacial score (nSPS) is 11.4. The van der Waals surface area contributed by atoms with E-state index in [0.29, 0.717) is 11.4 Å². The molecule has 0 saturated carbocycles. The molecule has 4 aromatic rings. The third-order valence-electron chi connectivity index (χ3n) is 5.07. The lowest BCUT2D eigenvalue weighted by molar-refractivity contribution is -0.385. The van der Waals surface area contributed by atoms with Crippen molar-refractivity contribution >= 4 is 11.4 Å². The molecule has 4 rings (SSSR count). The lowest BCUT2D eigenvalue weighted by atomic mass is 9.86. The fourth-order valence-corrected chi connectivity index (χ4v) is 3.23. The SMILES string of the molecule is CC(C)(c1ccn(-c2cccc([N+](=O)[O-])c2)n1)c1ccn(-c2cccc([N+](=O)[O-])c2)n1. The zero-order valence-electron chi connectivity index (χ0n) is 16.7. The molecule has 156 valence electrons. The minimum atomic E-state index is -0.572. The molecule has 0 bridgehead atoms. The van der Waals surface area contributed by atoms with Crippen LogP contribution in [0.3, 0.4) is 0 Å². The number of rotatable bonds is 6. The van der Waals surface area contributed by atoms with Crippen LogP contribution in [0.5, 0.6) is 0 Å². The summed E-state index contributed by atoms with van der Waals surface area (Å²) in [6, 6.07) is 16.2. The molecule has 0 amide bonds. The molecule has 2 heterocycles. The molecule has 0 spiro atoms. The third-order valence-corrected chi connectivity index (χ3v) is 5.07. The predicted octanol–water partition coefficient (Wildman–Crippen LogP) is 4.20. The highest BCUT2D eigenvalue weighted by molar-refractivity contribution is 5.44. The van der Waals surface area contributed by atoms with Gasteiger partial charge >= 0.3 is 0 Å². The smallest absolute Gasteiger partial charge is 0.258 e. The van der Waals surface area contributed by atoms with Gasteiger partial charge in [-0.05, 0) is 38.1 Å². The van der Waals surface area contributed by atoms with Crippen LogP contribution in [-0.2, 0) is 5.41 Å². The molecule has 0 N–H and O–H groups in total. The van der Waals surface area contributed by atoms with Crippen LogP contribution in [0.25, 0.3) is 11.4 Å². The number of nitro groups is 2. The van der Waals surface area contributed by atoms with Gasteiger partial charge in [0.05, 0.1) is 38.0 Å². The van der Waals surface area contributed by atoms with E-state index >= 15 is 0 Å². The van der Waals surface area contributed by atoms with Crippen molar-refractivity contribution in [1.29, 1.82) is 0 Å². The summed E-state index contributed by atoms with van der Waals surface area (Å²) in [5.74, 6) is 0. The van der Waals surface area contributed by atoms with Crippen molar-refractivity contribution in [3.63, 3.8) is 0 Å². The summed E-state index contributed by atoms with van der Waals surface area (Å²) in [6.45, 7) is 3.93. The van der Waals surface area contributed by atoms with Crippen LogP contribution in [0.1, 0.15) is 25.2 Å². The Hall–Kier alpha value is -4.34. The van der Waals surface area contributed by atoms with Gasteiger partial charge < -0.3 is 0 Å². The van der Waals surface area contributed by atoms with Gasteiger partial charge in [0.1, 0.15) is 0 Å². The number of nitrogens with zero attached hydrogens (tertiary/aromatic N) is 6. The van der Waals surface area contributed by atoms with Crippen LogP contribution in [0.15, 0.2) is 73.1 Å². The molecule has 0 saturated heterocycles. The lowest BCUT2D eigenvalue weighted by Gasteiger charge is -2.19. The Morgan fingerprint density at radius 2 is 1.16 bits per heavy atom. The van der Waals surface area contributed by atoms with Crippen LogP contribution in [-0.4, -0.2) is 29.4 Å². The van der Waals surface area contributed by atoms with Gasteiger partial charge in [0.15, 0.2) is 0 Å². The summed E-state index contributed by atoms with van der Waals surface area (Å²) in [5.41, 5.74) is 2.02. The second-order valence-electron chi connectivity index (χ2n) is 7.47. The topological polar surface area (TPSA) is 122 Å². The molecule has 10 nitrogen and oxygen atoms in total. The maximum absolute atomic E-state index is 11.0. The highest BCUT2D eigenvalue weighted by Crippen LogP contribution is 2.30. The molecule has 0 radical (unpaired) electrons. The number of nitro benzene ring substituents is 2. The average molecular weight is 418 g/mol. The van der Waals surface area contributed by atoms with Crippen molar-refractivity contribution in [2.45, 2.75) is 19.3 Å². The molecule has 31 heavy (non-hydrogen) atoms. The molecule has 2 aromatic carbocycles. The Labute approximate surface area is 176 Å². The van der Waals surface area contributed by atoms with Crippen LogP contribution in [0.2, 0.25) is 0 Å². The van der Waals surface area contributed by atoms with E-state index in [9.17, 15) is 20.2 Å².